The van der Waals surface area contributed by atoms with Crippen LogP contribution in [0.2, 0.25) is 0 Å². The highest BCUT2D eigenvalue weighted by Gasteiger charge is 2.28. The molecular formula is C15H24N4O. The number of amides is 1. The Hall–Kier alpha value is -1.46. The van der Waals surface area contributed by atoms with Gasteiger partial charge in [0.25, 0.3) is 5.91 Å². The smallest absolute Gasteiger partial charge is 0.283 e. The second-order valence-electron chi connectivity index (χ2n) is 5.98. The maximum absolute atomic E-state index is 11.5. The van der Waals surface area contributed by atoms with Crippen LogP contribution in [-0.4, -0.2) is 28.4 Å². The molecule has 2 rings (SSSR count). The number of hydrogen-bond acceptors (Lipinski definition) is 4. The summed E-state index contributed by atoms with van der Waals surface area (Å²) in [5, 5.41) is 0. The van der Waals surface area contributed by atoms with Crippen LogP contribution in [0.1, 0.15) is 43.4 Å². The van der Waals surface area contributed by atoms with E-state index in [1.54, 1.807) is 6.07 Å². The molecule has 20 heavy (non-hydrogen) atoms. The highest BCUT2D eigenvalue weighted by atomic mass is 16.2. The molecule has 2 heterocycles. The van der Waals surface area contributed by atoms with Crippen molar-refractivity contribution in [2.24, 2.45) is 17.7 Å². The lowest BCUT2D eigenvalue weighted by Gasteiger charge is -2.40. The van der Waals surface area contributed by atoms with Crippen LogP contribution in [0, 0.1) is 11.8 Å². The first-order chi connectivity index (χ1) is 9.51. The molecule has 0 bridgehead atoms. The number of nitrogens with zero attached hydrogens (tertiary/aromatic N) is 2. The van der Waals surface area contributed by atoms with E-state index in [0.29, 0.717) is 23.6 Å². The Morgan fingerprint density at radius 1 is 1.45 bits per heavy atom. The van der Waals surface area contributed by atoms with Gasteiger partial charge in [-0.25, -0.2) is 10.8 Å². The third kappa shape index (κ3) is 3.35. The number of carbonyl (C=O) groups is 1. The van der Waals surface area contributed by atoms with Crippen LogP contribution in [0.4, 0.5) is 0 Å². The molecule has 3 atom stereocenters. The van der Waals surface area contributed by atoms with Gasteiger partial charge in [-0.15, -0.1) is 0 Å². The van der Waals surface area contributed by atoms with Gasteiger partial charge in [0, 0.05) is 19.1 Å². The van der Waals surface area contributed by atoms with E-state index < -0.39 is 0 Å². The first kappa shape index (κ1) is 14.9. The second kappa shape index (κ2) is 6.33. The number of nitrogen functional groups attached to an aromatic ring is 1. The molecule has 0 aliphatic carbocycles. The molecule has 1 aromatic rings. The lowest BCUT2D eigenvalue weighted by Crippen LogP contribution is -2.45. The first-order valence-corrected chi connectivity index (χ1v) is 7.22. The summed E-state index contributed by atoms with van der Waals surface area (Å²) in [4.78, 5) is 18.4. The van der Waals surface area contributed by atoms with Crippen LogP contribution in [0.25, 0.3) is 0 Å². The lowest BCUT2D eigenvalue weighted by atomic mass is 9.86. The van der Waals surface area contributed by atoms with Crippen molar-refractivity contribution in [3.63, 3.8) is 0 Å². The summed E-state index contributed by atoms with van der Waals surface area (Å²) in [6.45, 7) is 8.73. The van der Waals surface area contributed by atoms with E-state index in [0.717, 1.165) is 18.8 Å². The van der Waals surface area contributed by atoms with Crippen molar-refractivity contribution in [2.45, 2.75) is 39.8 Å². The summed E-state index contributed by atoms with van der Waals surface area (Å²) >= 11 is 0. The van der Waals surface area contributed by atoms with Crippen LogP contribution in [0.5, 0.6) is 0 Å². The molecule has 1 saturated heterocycles. The summed E-state index contributed by atoms with van der Waals surface area (Å²) in [5.41, 5.74) is 3.41. The van der Waals surface area contributed by atoms with Crippen LogP contribution < -0.4 is 11.3 Å². The van der Waals surface area contributed by atoms with Gasteiger partial charge in [0.1, 0.15) is 5.69 Å². The van der Waals surface area contributed by atoms with Crippen molar-refractivity contribution in [1.29, 1.82) is 0 Å². The normalized spacial score (nSPS) is 27.3. The Bertz CT molecular complexity index is 477. The average Bonchev–Trinajstić information content (AvgIpc) is 2.43. The zero-order valence-corrected chi connectivity index (χ0v) is 12.5. The molecule has 0 radical (unpaired) electrons. The zero-order valence-electron chi connectivity index (χ0n) is 12.5. The number of likely N-dealkylation sites (tertiary alicyclic amines) is 1. The molecule has 0 spiro atoms. The number of piperidine rings is 1. The fraction of sp³-hybridized carbons (Fsp3) is 0.600. The Morgan fingerprint density at radius 2 is 2.20 bits per heavy atom. The molecule has 110 valence electrons. The van der Waals surface area contributed by atoms with Gasteiger partial charge in [0.15, 0.2) is 0 Å². The highest BCUT2D eigenvalue weighted by Crippen LogP contribution is 2.27. The third-order valence-corrected chi connectivity index (χ3v) is 4.26. The molecule has 3 unspecified atom stereocenters. The largest absolute Gasteiger partial charge is 0.294 e. The van der Waals surface area contributed by atoms with Gasteiger partial charge in [-0.3, -0.25) is 15.1 Å². The Labute approximate surface area is 120 Å². The quantitative estimate of drug-likeness (QED) is 0.499. The van der Waals surface area contributed by atoms with E-state index >= 15 is 0 Å². The zero-order chi connectivity index (χ0) is 14.7. The van der Waals surface area contributed by atoms with Crippen molar-refractivity contribution in [3.05, 3.63) is 29.6 Å². The van der Waals surface area contributed by atoms with Gasteiger partial charge < -0.3 is 0 Å². The summed E-state index contributed by atoms with van der Waals surface area (Å²) in [5.74, 6) is 6.19. The Morgan fingerprint density at radius 3 is 2.90 bits per heavy atom. The Balaban J connectivity index is 2.11. The van der Waals surface area contributed by atoms with Gasteiger partial charge in [0.2, 0.25) is 0 Å². The molecule has 1 aliphatic rings. The number of rotatable bonds is 3. The SMILES string of the molecule is CC1CC(C)C(C)N(Cc2cccc(C(=O)NN)n2)C1. The van der Waals surface area contributed by atoms with Crippen molar-refractivity contribution in [1.82, 2.24) is 15.3 Å². The highest BCUT2D eigenvalue weighted by molar-refractivity contribution is 5.91. The first-order valence-electron chi connectivity index (χ1n) is 7.22. The molecule has 1 aliphatic heterocycles. The maximum atomic E-state index is 11.5. The van der Waals surface area contributed by atoms with Crippen molar-refractivity contribution < 1.29 is 4.79 Å². The Kier molecular flexibility index (Phi) is 4.73. The van der Waals surface area contributed by atoms with E-state index in [-0.39, 0.29) is 5.91 Å². The van der Waals surface area contributed by atoms with Gasteiger partial charge in [0.05, 0.1) is 5.69 Å². The van der Waals surface area contributed by atoms with Gasteiger partial charge in [-0.2, -0.15) is 0 Å². The molecular weight excluding hydrogens is 252 g/mol. The van der Waals surface area contributed by atoms with Crippen LogP contribution in [0.3, 0.4) is 0 Å². The number of nitrogens with one attached hydrogen (secondary N) is 1. The van der Waals surface area contributed by atoms with Crippen LogP contribution >= 0.6 is 0 Å². The maximum Gasteiger partial charge on any atom is 0.283 e. The van der Waals surface area contributed by atoms with Crippen LogP contribution in [-0.2, 0) is 6.54 Å². The van der Waals surface area contributed by atoms with E-state index in [1.165, 1.54) is 6.42 Å². The van der Waals surface area contributed by atoms with Crippen LogP contribution in [0.15, 0.2) is 18.2 Å². The number of carbonyl (C=O) groups excluding carboxylic acids is 1. The number of pyridine rings is 1. The van der Waals surface area contributed by atoms with E-state index in [9.17, 15) is 4.79 Å². The van der Waals surface area contributed by atoms with Gasteiger partial charge in [-0.05, 0) is 37.3 Å². The van der Waals surface area contributed by atoms with E-state index in [2.05, 4.69) is 36.1 Å². The minimum absolute atomic E-state index is 0.347. The summed E-state index contributed by atoms with van der Waals surface area (Å²) in [7, 11) is 0. The lowest BCUT2D eigenvalue weighted by molar-refractivity contribution is 0.0717. The minimum Gasteiger partial charge on any atom is -0.294 e. The topological polar surface area (TPSA) is 71.2 Å². The molecule has 3 N–H and O–H groups in total. The number of nitrogens with two attached hydrogens (primary N) is 1. The standard InChI is InChI=1S/C15H24N4O/c1-10-7-11(2)12(3)19(8-10)9-13-5-4-6-14(17-13)15(20)18-16/h4-6,10-12H,7-9,16H2,1-3H3,(H,18,20). The second-order valence-corrected chi connectivity index (χ2v) is 5.98. The summed E-state index contributed by atoms with van der Waals surface area (Å²) < 4.78 is 0. The van der Waals surface area contributed by atoms with Gasteiger partial charge >= 0.3 is 0 Å². The number of hydrazine groups is 1. The minimum atomic E-state index is -0.347. The fourth-order valence-corrected chi connectivity index (χ4v) is 3.02. The molecule has 1 amide bonds. The predicted molar refractivity (Wildman–Crippen MR) is 78.7 cm³/mol. The molecule has 1 fully saturated rings. The average molecular weight is 276 g/mol. The van der Waals surface area contributed by atoms with Crippen molar-refractivity contribution >= 4 is 5.91 Å². The predicted octanol–water partition coefficient (Wildman–Crippen LogP) is 1.55. The third-order valence-electron chi connectivity index (χ3n) is 4.26. The number of aromatic nitrogens is 1. The molecule has 1 aromatic heterocycles. The summed E-state index contributed by atoms with van der Waals surface area (Å²) in [6, 6.07) is 6.04. The molecule has 5 heteroatoms. The summed E-state index contributed by atoms with van der Waals surface area (Å²) in [6.07, 6.45) is 1.28. The molecule has 5 nitrogen and oxygen atoms in total. The monoisotopic (exact) mass is 276 g/mol. The fourth-order valence-electron chi connectivity index (χ4n) is 3.02. The van der Waals surface area contributed by atoms with Gasteiger partial charge in [-0.1, -0.05) is 19.9 Å². The van der Waals surface area contributed by atoms with E-state index in [4.69, 9.17) is 5.84 Å². The molecule has 0 saturated carbocycles. The van der Waals surface area contributed by atoms with Crippen molar-refractivity contribution in [3.8, 4) is 0 Å². The number of hydrogen-bond donors (Lipinski definition) is 2. The molecule has 0 aromatic carbocycles. The van der Waals surface area contributed by atoms with Crippen molar-refractivity contribution in [2.75, 3.05) is 6.54 Å². The van der Waals surface area contributed by atoms with E-state index in [1.807, 2.05) is 12.1 Å².